The number of furan rings is 1. The van der Waals surface area contributed by atoms with Gasteiger partial charge in [-0.15, -0.1) is 10.2 Å². The molecular weight excluding hydrogens is 352 g/mol. The normalized spacial score (nSPS) is 12.1. The highest BCUT2D eigenvalue weighted by Crippen LogP contribution is 2.26. The summed E-state index contributed by atoms with van der Waals surface area (Å²) < 4.78 is 6.53. The number of aromatic nitrogens is 4. The van der Waals surface area contributed by atoms with Crippen LogP contribution in [0.5, 0.6) is 0 Å². The molecule has 0 unspecified atom stereocenters. The maximum absolute atomic E-state index is 12.3. The van der Waals surface area contributed by atoms with Crippen LogP contribution in [0.2, 0.25) is 5.15 Å². The summed E-state index contributed by atoms with van der Waals surface area (Å²) in [5, 5.41) is 10.8. The summed E-state index contributed by atoms with van der Waals surface area (Å²) in [7, 11) is 0. The number of nitrogens with zero attached hydrogens (tertiary/aromatic N) is 4. The van der Waals surface area contributed by atoms with E-state index in [-0.39, 0.29) is 11.1 Å². The van der Waals surface area contributed by atoms with Crippen molar-refractivity contribution in [3.05, 3.63) is 41.9 Å². The van der Waals surface area contributed by atoms with Gasteiger partial charge in [-0.05, 0) is 31.2 Å². The van der Waals surface area contributed by atoms with E-state index in [9.17, 15) is 4.79 Å². The van der Waals surface area contributed by atoms with E-state index in [2.05, 4.69) is 20.5 Å². The van der Waals surface area contributed by atoms with Crippen molar-refractivity contribution in [2.45, 2.75) is 17.3 Å². The Morgan fingerprint density at radius 1 is 1.42 bits per heavy atom. The third kappa shape index (κ3) is 3.36. The largest absolute Gasteiger partial charge is 0.461 e. The number of nitrogens with one attached hydrogen (secondary N) is 1. The standard InChI is InChI=1S/C14H13ClN6O2S/c1-8(13(22)18-9-4-2-6-17-11(9)15)24-14-20-19-12(21(14)16)10-5-3-7-23-10/h2-8H,16H2,1H3,(H,18,22)/t8-/m1/s1. The molecule has 1 amide bonds. The first-order chi connectivity index (χ1) is 11.6. The van der Waals surface area contributed by atoms with Crippen LogP contribution in [0.1, 0.15) is 6.92 Å². The lowest BCUT2D eigenvalue weighted by Crippen LogP contribution is -2.24. The molecule has 0 bridgehead atoms. The Kier molecular flexibility index (Phi) is 4.72. The highest BCUT2D eigenvalue weighted by molar-refractivity contribution is 8.00. The third-order valence-corrected chi connectivity index (χ3v) is 4.43. The summed E-state index contributed by atoms with van der Waals surface area (Å²) in [6.45, 7) is 1.73. The number of halogens is 1. The number of hydrogen-bond acceptors (Lipinski definition) is 7. The Morgan fingerprint density at radius 3 is 2.96 bits per heavy atom. The lowest BCUT2D eigenvalue weighted by atomic mass is 10.4. The quantitative estimate of drug-likeness (QED) is 0.406. The van der Waals surface area contributed by atoms with Gasteiger partial charge in [0.2, 0.25) is 16.9 Å². The predicted octanol–water partition coefficient (Wildman–Crippen LogP) is 2.42. The van der Waals surface area contributed by atoms with E-state index in [4.69, 9.17) is 21.9 Å². The maximum Gasteiger partial charge on any atom is 0.237 e. The molecule has 3 N–H and O–H groups in total. The summed E-state index contributed by atoms with van der Waals surface area (Å²) in [6, 6.07) is 6.81. The maximum atomic E-state index is 12.3. The molecule has 3 aromatic heterocycles. The molecule has 0 aromatic carbocycles. The van der Waals surface area contributed by atoms with Gasteiger partial charge in [-0.3, -0.25) is 4.79 Å². The zero-order chi connectivity index (χ0) is 17.1. The first kappa shape index (κ1) is 16.3. The van der Waals surface area contributed by atoms with E-state index < -0.39 is 5.25 Å². The Balaban J connectivity index is 1.70. The molecule has 24 heavy (non-hydrogen) atoms. The third-order valence-electron chi connectivity index (χ3n) is 3.07. The van der Waals surface area contributed by atoms with Gasteiger partial charge in [0.05, 0.1) is 17.2 Å². The summed E-state index contributed by atoms with van der Waals surface area (Å²) in [5.74, 6) is 6.59. The fourth-order valence-electron chi connectivity index (χ4n) is 1.86. The summed E-state index contributed by atoms with van der Waals surface area (Å²) >= 11 is 7.10. The Hall–Kier alpha value is -2.52. The molecule has 0 aliphatic carbocycles. The molecule has 1 atom stereocenters. The fourth-order valence-corrected chi connectivity index (χ4v) is 2.79. The van der Waals surface area contributed by atoms with Gasteiger partial charge < -0.3 is 15.6 Å². The van der Waals surface area contributed by atoms with Crippen LogP contribution in [-0.2, 0) is 4.79 Å². The lowest BCUT2D eigenvalue weighted by Gasteiger charge is -2.11. The topological polar surface area (TPSA) is 112 Å². The van der Waals surface area contributed by atoms with Crippen molar-refractivity contribution in [2.24, 2.45) is 0 Å². The van der Waals surface area contributed by atoms with Crippen molar-refractivity contribution < 1.29 is 9.21 Å². The van der Waals surface area contributed by atoms with Gasteiger partial charge in [-0.1, -0.05) is 23.4 Å². The summed E-state index contributed by atoms with van der Waals surface area (Å²) in [5.41, 5.74) is 0.446. The van der Waals surface area contributed by atoms with Crippen LogP contribution in [0.15, 0.2) is 46.3 Å². The summed E-state index contributed by atoms with van der Waals surface area (Å²) in [6.07, 6.45) is 3.06. The zero-order valence-corrected chi connectivity index (χ0v) is 14.1. The van der Waals surface area contributed by atoms with E-state index in [1.54, 1.807) is 37.4 Å². The van der Waals surface area contributed by atoms with Crippen LogP contribution in [0, 0.1) is 0 Å². The minimum absolute atomic E-state index is 0.227. The van der Waals surface area contributed by atoms with Crippen molar-refractivity contribution in [2.75, 3.05) is 11.2 Å². The van der Waals surface area contributed by atoms with E-state index in [0.717, 1.165) is 0 Å². The number of pyridine rings is 1. The Morgan fingerprint density at radius 2 is 2.25 bits per heavy atom. The highest BCUT2D eigenvalue weighted by atomic mass is 35.5. The van der Waals surface area contributed by atoms with Gasteiger partial charge in [0.25, 0.3) is 0 Å². The molecule has 0 aliphatic rings. The molecule has 3 heterocycles. The fraction of sp³-hybridized carbons (Fsp3) is 0.143. The second-order valence-electron chi connectivity index (χ2n) is 4.74. The minimum atomic E-state index is -0.475. The first-order valence-corrected chi connectivity index (χ1v) is 8.14. The predicted molar refractivity (Wildman–Crippen MR) is 91.1 cm³/mol. The van der Waals surface area contributed by atoms with Crippen molar-refractivity contribution in [3.8, 4) is 11.6 Å². The zero-order valence-electron chi connectivity index (χ0n) is 12.5. The SMILES string of the molecule is C[C@@H](Sc1nnc(-c2ccco2)n1N)C(=O)Nc1cccnc1Cl. The lowest BCUT2D eigenvalue weighted by molar-refractivity contribution is -0.115. The van der Waals surface area contributed by atoms with Gasteiger partial charge in [-0.2, -0.15) is 0 Å². The Labute approximate surface area is 146 Å². The Bertz CT molecular complexity index is 851. The first-order valence-electron chi connectivity index (χ1n) is 6.88. The van der Waals surface area contributed by atoms with Crippen LogP contribution in [0.4, 0.5) is 5.69 Å². The molecule has 0 aliphatic heterocycles. The molecule has 0 saturated carbocycles. The number of rotatable bonds is 5. The molecule has 10 heteroatoms. The number of nitrogen functional groups attached to an aromatic ring is 1. The van der Waals surface area contributed by atoms with Crippen LogP contribution in [-0.4, -0.2) is 31.0 Å². The number of hydrogen-bond donors (Lipinski definition) is 2. The average molecular weight is 365 g/mol. The van der Waals surface area contributed by atoms with Gasteiger partial charge in [-0.25, -0.2) is 9.66 Å². The number of nitrogens with two attached hydrogens (primary N) is 1. The molecule has 0 fully saturated rings. The van der Waals surface area contributed by atoms with E-state index in [0.29, 0.717) is 22.4 Å². The second-order valence-corrected chi connectivity index (χ2v) is 6.41. The summed E-state index contributed by atoms with van der Waals surface area (Å²) in [4.78, 5) is 16.2. The van der Waals surface area contributed by atoms with E-state index in [1.165, 1.54) is 22.7 Å². The van der Waals surface area contributed by atoms with Crippen LogP contribution < -0.4 is 11.2 Å². The minimum Gasteiger partial charge on any atom is -0.461 e. The van der Waals surface area contributed by atoms with E-state index >= 15 is 0 Å². The van der Waals surface area contributed by atoms with Gasteiger partial charge in [0.1, 0.15) is 0 Å². The molecule has 8 nitrogen and oxygen atoms in total. The van der Waals surface area contributed by atoms with Crippen LogP contribution >= 0.6 is 23.4 Å². The molecule has 0 saturated heterocycles. The monoisotopic (exact) mass is 364 g/mol. The van der Waals surface area contributed by atoms with E-state index in [1.807, 2.05) is 0 Å². The molecule has 0 radical (unpaired) electrons. The smallest absolute Gasteiger partial charge is 0.237 e. The van der Waals surface area contributed by atoms with Crippen LogP contribution in [0.3, 0.4) is 0 Å². The van der Waals surface area contributed by atoms with Gasteiger partial charge >= 0.3 is 0 Å². The van der Waals surface area contributed by atoms with Crippen molar-refractivity contribution >= 4 is 35.0 Å². The molecular formula is C14H13ClN6O2S. The molecule has 3 rings (SSSR count). The van der Waals surface area contributed by atoms with Crippen LogP contribution in [0.25, 0.3) is 11.6 Å². The number of amides is 1. The van der Waals surface area contributed by atoms with Crippen molar-refractivity contribution in [1.82, 2.24) is 19.9 Å². The van der Waals surface area contributed by atoms with Gasteiger partial charge in [0.15, 0.2) is 10.9 Å². The van der Waals surface area contributed by atoms with Gasteiger partial charge in [0, 0.05) is 6.20 Å². The van der Waals surface area contributed by atoms with Crippen molar-refractivity contribution in [3.63, 3.8) is 0 Å². The average Bonchev–Trinajstić information content (AvgIpc) is 3.20. The number of anilines is 1. The molecule has 124 valence electrons. The number of thioether (sulfide) groups is 1. The second kappa shape index (κ2) is 6.93. The number of carbonyl (C=O) groups is 1. The molecule has 0 spiro atoms. The van der Waals surface area contributed by atoms with Crippen molar-refractivity contribution in [1.29, 1.82) is 0 Å². The number of carbonyl (C=O) groups excluding carboxylic acids is 1. The highest BCUT2D eigenvalue weighted by Gasteiger charge is 2.21. The molecule has 3 aromatic rings.